The Balaban J connectivity index is 1.59. The highest BCUT2D eigenvalue weighted by Crippen LogP contribution is 2.11. The molecule has 0 aliphatic rings. The number of amides is 1. The Morgan fingerprint density at radius 3 is 2.57 bits per heavy atom. The van der Waals surface area contributed by atoms with Crippen LogP contribution in [0.25, 0.3) is 11.0 Å². The Morgan fingerprint density at radius 2 is 1.78 bits per heavy atom. The summed E-state index contributed by atoms with van der Waals surface area (Å²) in [6.07, 6.45) is 1.88. The predicted molar refractivity (Wildman–Crippen MR) is 88.8 cm³/mol. The summed E-state index contributed by atoms with van der Waals surface area (Å²) in [6, 6.07) is 14.9. The first-order chi connectivity index (χ1) is 11.1. The smallest absolute Gasteiger partial charge is 0.239 e. The van der Waals surface area contributed by atoms with E-state index in [0.29, 0.717) is 5.56 Å². The van der Waals surface area contributed by atoms with Gasteiger partial charge < -0.3 is 0 Å². The van der Waals surface area contributed by atoms with Crippen LogP contribution in [-0.2, 0) is 4.79 Å². The van der Waals surface area contributed by atoms with Gasteiger partial charge in [0.1, 0.15) is 6.33 Å². The van der Waals surface area contributed by atoms with Crippen LogP contribution < -0.4 is 5.43 Å². The Morgan fingerprint density at radius 1 is 1.04 bits per heavy atom. The van der Waals surface area contributed by atoms with Crippen molar-refractivity contribution in [3.63, 3.8) is 0 Å². The van der Waals surface area contributed by atoms with E-state index in [4.69, 9.17) is 0 Å². The first-order valence-corrected chi connectivity index (χ1v) is 7.45. The number of aryl methyl sites for hydroxylation is 1. The van der Waals surface area contributed by atoms with Crippen LogP contribution in [0.3, 0.4) is 0 Å². The number of aromatic nitrogens is 2. The molecule has 116 valence electrons. The molecule has 0 fully saturated rings. The number of para-hydroxylation sites is 2. The van der Waals surface area contributed by atoms with Gasteiger partial charge in [0.15, 0.2) is 5.78 Å². The molecule has 1 N–H and O–H groups in total. The summed E-state index contributed by atoms with van der Waals surface area (Å²) < 4.78 is 1.58. The van der Waals surface area contributed by atoms with E-state index < -0.39 is 0 Å². The lowest BCUT2D eigenvalue weighted by Crippen LogP contribution is -2.22. The molecule has 3 aromatic rings. The van der Waals surface area contributed by atoms with Gasteiger partial charge in [-0.1, -0.05) is 42.0 Å². The van der Waals surface area contributed by atoms with Crippen LogP contribution in [0.15, 0.2) is 54.9 Å². The minimum Gasteiger partial charge on any atom is -0.294 e. The van der Waals surface area contributed by atoms with Crippen molar-refractivity contribution in [2.24, 2.45) is 0 Å². The van der Waals surface area contributed by atoms with Crippen LogP contribution >= 0.6 is 0 Å². The third kappa shape index (κ3) is 3.45. The van der Waals surface area contributed by atoms with Crippen molar-refractivity contribution < 1.29 is 9.59 Å². The number of imidazole rings is 1. The molecule has 0 saturated heterocycles. The summed E-state index contributed by atoms with van der Waals surface area (Å²) in [5.41, 5.74) is 6.12. The molecular formula is C18H17N3O2. The molecule has 0 atom stereocenters. The number of fused-ring (bicyclic) bond motifs is 1. The molecule has 1 heterocycles. The lowest BCUT2D eigenvalue weighted by atomic mass is 10.1. The van der Waals surface area contributed by atoms with E-state index in [1.54, 1.807) is 23.1 Å². The zero-order valence-electron chi connectivity index (χ0n) is 12.8. The molecule has 0 radical (unpaired) electrons. The van der Waals surface area contributed by atoms with Crippen molar-refractivity contribution in [3.05, 3.63) is 66.0 Å². The second-order valence-electron chi connectivity index (χ2n) is 5.43. The van der Waals surface area contributed by atoms with Gasteiger partial charge in [-0.15, -0.1) is 0 Å². The first-order valence-electron chi connectivity index (χ1n) is 7.45. The molecule has 3 rings (SSSR count). The SMILES string of the molecule is Cc1ccc(C(=O)CCC(=O)Nn2cnc3ccccc32)cc1. The molecule has 23 heavy (non-hydrogen) atoms. The minimum atomic E-state index is -0.214. The fourth-order valence-electron chi connectivity index (χ4n) is 2.35. The number of nitrogens with zero attached hydrogens (tertiary/aromatic N) is 2. The number of hydrogen-bond acceptors (Lipinski definition) is 3. The maximum Gasteiger partial charge on any atom is 0.239 e. The van der Waals surface area contributed by atoms with E-state index in [2.05, 4.69) is 10.4 Å². The van der Waals surface area contributed by atoms with Gasteiger partial charge in [0, 0.05) is 18.4 Å². The second-order valence-corrected chi connectivity index (χ2v) is 5.43. The fraction of sp³-hybridized carbons (Fsp3) is 0.167. The number of nitrogens with one attached hydrogen (secondary N) is 1. The molecule has 0 spiro atoms. The highest BCUT2D eigenvalue weighted by molar-refractivity contribution is 5.99. The monoisotopic (exact) mass is 307 g/mol. The van der Waals surface area contributed by atoms with Gasteiger partial charge in [-0.25, -0.2) is 9.66 Å². The van der Waals surface area contributed by atoms with Crippen LogP contribution in [0.5, 0.6) is 0 Å². The molecule has 0 aliphatic carbocycles. The van der Waals surface area contributed by atoms with Crippen molar-refractivity contribution in [3.8, 4) is 0 Å². The topological polar surface area (TPSA) is 64.0 Å². The van der Waals surface area contributed by atoms with E-state index in [1.165, 1.54) is 0 Å². The first kappa shape index (κ1) is 15.0. The normalized spacial score (nSPS) is 10.7. The predicted octanol–water partition coefficient (Wildman–Crippen LogP) is 3.08. The standard InChI is InChI=1S/C18H17N3O2/c1-13-6-8-14(9-7-13)17(22)10-11-18(23)20-21-12-19-15-4-2-3-5-16(15)21/h2-9,12H,10-11H2,1H3,(H,20,23). The van der Waals surface area contributed by atoms with Gasteiger partial charge >= 0.3 is 0 Å². The minimum absolute atomic E-state index is 0.0318. The summed E-state index contributed by atoms with van der Waals surface area (Å²) in [4.78, 5) is 28.3. The Kier molecular flexibility index (Phi) is 4.19. The number of rotatable bonds is 5. The quantitative estimate of drug-likeness (QED) is 0.737. The zero-order chi connectivity index (χ0) is 16.2. The van der Waals surface area contributed by atoms with Gasteiger partial charge in [0.25, 0.3) is 0 Å². The van der Waals surface area contributed by atoms with Crippen molar-refractivity contribution >= 4 is 22.7 Å². The van der Waals surface area contributed by atoms with E-state index in [9.17, 15) is 9.59 Å². The highest BCUT2D eigenvalue weighted by Gasteiger charge is 2.10. The van der Waals surface area contributed by atoms with Crippen molar-refractivity contribution in [1.82, 2.24) is 9.66 Å². The van der Waals surface area contributed by atoms with Crippen LogP contribution in [0.4, 0.5) is 0 Å². The Bertz CT molecular complexity index is 850. The maximum absolute atomic E-state index is 12.1. The van der Waals surface area contributed by atoms with E-state index in [1.807, 2.05) is 43.3 Å². The zero-order valence-corrected chi connectivity index (χ0v) is 12.8. The molecular weight excluding hydrogens is 290 g/mol. The third-order valence-electron chi connectivity index (χ3n) is 3.65. The Hall–Kier alpha value is -2.95. The number of carbonyl (C=O) groups is 2. The molecule has 1 amide bonds. The van der Waals surface area contributed by atoms with Gasteiger partial charge in [-0.3, -0.25) is 15.0 Å². The Labute approximate surface area is 133 Å². The summed E-state index contributed by atoms with van der Waals surface area (Å²) in [5.74, 6) is -0.246. The lowest BCUT2D eigenvalue weighted by Gasteiger charge is -2.07. The second kappa shape index (κ2) is 6.44. The van der Waals surface area contributed by atoms with Crippen LogP contribution in [0.2, 0.25) is 0 Å². The molecule has 0 saturated carbocycles. The number of ketones is 1. The van der Waals surface area contributed by atoms with E-state index >= 15 is 0 Å². The highest BCUT2D eigenvalue weighted by atomic mass is 16.2. The molecule has 5 nitrogen and oxygen atoms in total. The average Bonchev–Trinajstić information content (AvgIpc) is 2.96. The lowest BCUT2D eigenvalue weighted by molar-refractivity contribution is -0.117. The van der Waals surface area contributed by atoms with Gasteiger partial charge in [-0.05, 0) is 19.1 Å². The molecule has 2 aromatic carbocycles. The van der Waals surface area contributed by atoms with E-state index in [-0.39, 0.29) is 24.5 Å². The van der Waals surface area contributed by atoms with E-state index in [0.717, 1.165) is 16.6 Å². The van der Waals surface area contributed by atoms with Crippen molar-refractivity contribution in [2.75, 3.05) is 5.43 Å². The number of Topliss-reactive ketones (excluding diaryl/α,β-unsaturated/α-hetero) is 1. The van der Waals surface area contributed by atoms with Crippen molar-refractivity contribution in [1.29, 1.82) is 0 Å². The molecule has 5 heteroatoms. The molecule has 0 bridgehead atoms. The number of benzene rings is 2. The number of carbonyl (C=O) groups excluding carboxylic acids is 2. The van der Waals surface area contributed by atoms with Gasteiger partial charge in [0.2, 0.25) is 5.91 Å². The molecule has 1 aromatic heterocycles. The summed E-state index contributed by atoms with van der Waals surface area (Å²) in [6.45, 7) is 1.97. The summed E-state index contributed by atoms with van der Waals surface area (Å²) in [7, 11) is 0. The largest absolute Gasteiger partial charge is 0.294 e. The molecule has 0 aliphatic heterocycles. The molecule has 0 unspecified atom stereocenters. The average molecular weight is 307 g/mol. The number of hydrogen-bond donors (Lipinski definition) is 1. The van der Waals surface area contributed by atoms with Gasteiger partial charge in [-0.2, -0.15) is 0 Å². The van der Waals surface area contributed by atoms with Crippen molar-refractivity contribution in [2.45, 2.75) is 19.8 Å². The van der Waals surface area contributed by atoms with Crippen LogP contribution in [0, 0.1) is 6.92 Å². The van der Waals surface area contributed by atoms with Crippen LogP contribution in [-0.4, -0.2) is 21.4 Å². The summed E-state index contributed by atoms with van der Waals surface area (Å²) in [5, 5.41) is 0. The van der Waals surface area contributed by atoms with Crippen LogP contribution in [0.1, 0.15) is 28.8 Å². The maximum atomic E-state index is 12.1. The fourth-order valence-corrected chi connectivity index (χ4v) is 2.35. The summed E-state index contributed by atoms with van der Waals surface area (Å²) >= 11 is 0. The van der Waals surface area contributed by atoms with Gasteiger partial charge in [0.05, 0.1) is 11.0 Å². The third-order valence-corrected chi connectivity index (χ3v) is 3.65.